The van der Waals surface area contributed by atoms with E-state index in [-0.39, 0.29) is 0 Å². The lowest BCUT2D eigenvalue weighted by atomic mass is 10.0. The second-order valence-electron chi connectivity index (χ2n) is 4.71. The predicted molar refractivity (Wildman–Crippen MR) is 95.3 cm³/mol. The Morgan fingerprint density at radius 3 is 2.43 bits per heavy atom. The van der Waals surface area contributed by atoms with Crippen LogP contribution < -0.4 is 9.47 Å². The minimum Gasteiger partial charge on any atom is -0.497 e. The largest absolute Gasteiger partial charge is 0.497 e. The van der Waals surface area contributed by atoms with Crippen molar-refractivity contribution in [1.82, 2.24) is 0 Å². The number of hydrogen-bond donors (Lipinski definition) is 0. The summed E-state index contributed by atoms with van der Waals surface area (Å²) in [4.78, 5) is 0. The molecule has 2 rings (SSSR count). The van der Waals surface area contributed by atoms with Crippen molar-refractivity contribution in [3.8, 4) is 11.5 Å². The van der Waals surface area contributed by atoms with Crippen LogP contribution in [0.2, 0.25) is 0 Å². The Labute approximate surface area is 140 Å². The molecule has 0 amide bonds. The molecule has 0 saturated carbocycles. The van der Waals surface area contributed by atoms with Gasteiger partial charge in [-0.3, -0.25) is 0 Å². The Balaban J connectivity index is 0.00000127. The monoisotopic (exact) mass is 316 g/mol. The van der Waals surface area contributed by atoms with E-state index in [1.807, 2.05) is 51.1 Å². The number of aryl methyl sites for hydroxylation is 2. The highest BCUT2D eigenvalue weighted by molar-refractivity contribution is 5.35. The molecule has 23 heavy (non-hydrogen) atoms. The van der Waals surface area contributed by atoms with Crippen LogP contribution in [0.25, 0.3) is 0 Å². The Morgan fingerprint density at radius 2 is 1.70 bits per heavy atom. The van der Waals surface area contributed by atoms with E-state index in [0.29, 0.717) is 13.4 Å². The number of ether oxygens (including phenoxy) is 3. The van der Waals surface area contributed by atoms with Gasteiger partial charge in [-0.2, -0.15) is 0 Å². The van der Waals surface area contributed by atoms with Crippen LogP contribution in [0.4, 0.5) is 0 Å². The molecule has 3 nitrogen and oxygen atoms in total. The molecule has 0 heterocycles. The molecular weight excluding hydrogens is 288 g/mol. The van der Waals surface area contributed by atoms with E-state index in [4.69, 9.17) is 14.2 Å². The van der Waals surface area contributed by atoms with E-state index < -0.39 is 0 Å². The van der Waals surface area contributed by atoms with Crippen molar-refractivity contribution in [1.29, 1.82) is 0 Å². The number of rotatable bonds is 8. The molecule has 0 saturated heterocycles. The fourth-order valence-corrected chi connectivity index (χ4v) is 2.15. The lowest BCUT2D eigenvalue weighted by Crippen LogP contribution is -2.04. The summed E-state index contributed by atoms with van der Waals surface area (Å²) in [6.45, 7) is 6.91. The normalized spacial score (nSPS) is 9.74. The second-order valence-corrected chi connectivity index (χ2v) is 4.71. The first-order valence-electron chi connectivity index (χ1n) is 8.25. The maximum atomic E-state index is 5.66. The van der Waals surface area contributed by atoms with Crippen molar-refractivity contribution in [2.75, 3.05) is 20.5 Å². The van der Waals surface area contributed by atoms with Crippen molar-refractivity contribution in [3.63, 3.8) is 0 Å². The molecule has 0 spiro atoms. The second kappa shape index (κ2) is 11.6. The average molecular weight is 316 g/mol. The molecule has 0 atom stereocenters. The van der Waals surface area contributed by atoms with Gasteiger partial charge in [0, 0.05) is 6.61 Å². The number of hydrogen-bond acceptors (Lipinski definition) is 3. The highest BCUT2D eigenvalue weighted by atomic mass is 16.7. The average Bonchev–Trinajstić information content (AvgIpc) is 2.63. The summed E-state index contributed by atoms with van der Waals surface area (Å²) in [6.07, 6.45) is 1.88. The molecular formula is C20H28O3. The fraction of sp³-hybridized carbons (Fsp3) is 0.400. The highest BCUT2D eigenvalue weighted by Gasteiger charge is 2.04. The summed E-state index contributed by atoms with van der Waals surface area (Å²) < 4.78 is 16.2. The summed E-state index contributed by atoms with van der Waals surface area (Å²) in [5, 5.41) is 0. The quantitative estimate of drug-likeness (QED) is 0.513. The molecule has 126 valence electrons. The van der Waals surface area contributed by atoms with Crippen molar-refractivity contribution in [2.45, 2.75) is 33.6 Å². The fourth-order valence-electron chi connectivity index (χ4n) is 2.15. The van der Waals surface area contributed by atoms with Crippen molar-refractivity contribution >= 4 is 0 Å². The van der Waals surface area contributed by atoms with Crippen molar-refractivity contribution < 1.29 is 14.2 Å². The first kappa shape index (κ1) is 19.0. The number of methoxy groups -OCH3 is 1. The Bertz CT molecular complexity index is 552. The van der Waals surface area contributed by atoms with Crippen molar-refractivity contribution in [3.05, 3.63) is 59.7 Å². The third-order valence-electron chi connectivity index (χ3n) is 3.29. The van der Waals surface area contributed by atoms with E-state index in [9.17, 15) is 0 Å². The maximum Gasteiger partial charge on any atom is 0.189 e. The molecule has 0 unspecified atom stereocenters. The van der Waals surface area contributed by atoms with E-state index in [1.165, 1.54) is 11.1 Å². The van der Waals surface area contributed by atoms with Gasteiger partial charge in [-0.15, -0.1) is 0 Å². The Morgan fingerprint density at radius 1 is 0.913 bits per heavy atom. The molecule has 2 aromatic rings. The van der Waals surface area contributed by atoms with Crippen LogP contribution in [0.5, 0.6) is 11.5 Å². The van der Waals surface area contributed by atoms with E-state index >= 15 is 0 Å². The molecule has 0 fully saturated rings. The zero-order chi connectivity index (χ0) is 16.9. The van der Waals surface area contributed by atoms with Gasteiger partial charge in [0.05, 0.1) is 7.11 Å². The number of para-hydroxylation sites is 1. The van der Waals surface area contributed by atoms with E-state index in [1.54, 1.807) is 7.11 Å². The Kier molecular flexibility index (Phi) is 9.57. The molecule has 0 radical (unpaired) electrons. The molecule has 0 aliphatic carbocycles. The molecule has 0 aliphatic rings. The molecule has 0 bridgehead atoms. The van der Waals surface area contributed by atoms with Gasteiger partial charge in [0.2, 0.25) is 0 Å². The van der Waals surface area contributed by atoms with Crippen LogP contribution in [-0.2, 0) is 17.6 Å². The topological polar surface area (TPSA) is 27.7 Å². The van der Waals surface area contributed by atoms with Crippen LogP contribution in [0.3, 0.4) is 0 Å². The molecule has 0 aliphatic heterocycles. The molecule has 3 heteroatoms. The lowest BCUT2D eigenvalue weighted by molar-refractivity contribution is 0.0218. The van der Waals surface area contributed by atoms with Gasteiger partial charge in [-0.05, 0) is 49.1 Å². The van der Waals surface area contributed by atoms with Gasteiger partial charge in [0.1, 0.15) is 11.5 Å². The summed E-state index contributed by atoms with van der Waals surface area (Å²) >= 11 is 0. The van der Waals surface area contributed by atoms with Crippen LogP contribution in [0, 0.1) is 0 Å². The van der Waals surface area contributed by atoms with Gasteiger partial charge in [-0.1, -0.05) is 44.2 Å². The van der Waals surface area contributed by atoms with Crippen LogP contribution in [-0.4, -0.2) is 20.5 Å². The predicted octanol–water partition coefficient (Wildman–Crippen LogP) is 4.88. The zero-order valence-electron chi connectivity index (χ0n) is 14.7. The van der Waals surface area contributed by atoms with Crippen LogP contribution >= 0.6 is 0 Å². The number of benzene rings is 2. The standard InChI is InChI=1S/C18H22O3.C2H6/c1-3-20-14-21-18-10-5-4-8-16(18)12-11-15-7-6-9-17(13-15)19-2;1-2/h4-10,13H,3,11-12,14H2,1-2H3;1-2H3. The Hall–Kier alpha value is -2.00. The molecule has 0 N–H and O–H groups in total. The molecule has 0 aromatic heterocycles. The van der Waals surface area contributed by atoms with Gasteiger partial charge in [0.25, 0.3) is 0 Å². The maximum absolute atomic E-state index is 5.66. The third kappa shape index (κ3) is 6.74. The summed E-state index contributed by atoms with van der Waals surface area (Å²) in [7, 11) is 1.69. The van der Waals surface area contributed by atoms with E-state index in [2.05, 4.69) is 18.2 Å². The highest BCUT2D eigenvalue weighted by Crippen LogP contribution is 2.21. The smallest absolute Gasteiger partial charge is 0.189 e. The first-order chi connectivity index (χ1) is 11.3. The van der Waals surface area contributed by atoms with Crippen LogP contribution in [0.15, 0.2) is 48.5 Å². The van der Waals surface area contributed by atoms with Gasteiger partial charge in [0.15, 0.2) is 6.79 Å². The van der Waals surface area contributed by atoms with Gasteiger partial charge in [-0.25, -0.2) is 0 Å². The van der Waals surface area contributed by atoms with Crippen LogP contribution in [0.1, 0.15) is 31.9 Å². The van der Waals surface area contributed by atoms with Gasteiger partial charge >= 0.3 is 0 Å². The minimum absolute atomic E-state index is 0.298. The minimum atomic E-state index is 0.298. The zero-order valence-corrected chi connectivity index (χ0v) is 14.7. The lowest BCUT2D eigenvalue weighted by Gasteiger charge is -2.11. The first-order valence-corrected chi connectivity index (χ1v) is 8.25. The van der Waals surface area contributed by atoms with Gasteiger partial charge < -0.3 is 14.2 Å². The van der Waals surface area contributed by atoms with E-state index in [0.717, 1.165) is 24.3 Å². The summed E-state index contributed by atoms with van der Waals surface area (Å²) in [5.74, 6) is 1.79. The van der Waals surface area contributed by atoms with Crippen molar-refractivity contribution in [2.24, 2.45) is 0 Å². The molecule has 2 aromatic carbocycles. The SMILES string of the molecule is CC.CCOCOc1ccccc1CCc1cccc(OC)c1. The summed E-state index contributed by atoms with van der Waals surface area (Å²) in [5.41, 5.74) is 2.45. The third-order valence-corrected chi connectivity index (χ3v) is 3.29. The summed E-state index contributed by atoms with van der Waals surface area (Å²) in [6, 6.07) is 16.3.